The van der Waals surface area contributed by atoms with Crippen molar-refractivity contribution in [3.63, 3.8) is 0 Å². The molecule has 0 radical (unpaired) electrons. The van der Waals surface area contributed by atoms with Crippen molar-refractivity contribution in [2.24, 2.45) is 5.92 Å². The maximum absolute atomic E-state index is 13.3. The van der Waals surface area contributed by atoms with Crippen LogP contribution in [0.25, 0.3) is 0 Å². The number of hydrogen-bond donors (Lipinski definition) is 0. The first-order valence-electron chi connectivity index (χ1n) is 15.5. The SMILES string of the molecule is C[C@H](/C=C\C(OC(=O)c1ccccc1)C1OC(C)(C)O[C@H]1CCI)[C@@H](C)O[Si](c1ccccc1)(c1ccccc1)C(C)(C)C. The van der Waals surface area contributed by atoms with E-state index < -0.39 is 26.3 Å². The number of carbonyl (C=O) groups excluding carboxylic acids is 1. The topological polar surface area (TPSA) is 54.0 Å². The van der Waals surface area contributed by atoms with Crippen LogP contribution in [0.5, 0.6) is 0 Å². The molecular weight excluding hydrogens is 679 g/mol. The summed E-state index contributed by atoms with van der Waals surface area (Å²) in [6, 6.07) is 30.5. The minimum Gasteiger partial charge on any atom is -0.452 e. The van der Waals surface area contributed by atoms with Crippen molar-refractivity contribution in [1.82, 2.24) is 0 Å². The number of benzene rings is 3. The zero-order valence-corrected chi connectivity index (χ0v) is 30.2. The fourth-order valence-corrected chi connectivity index (χ4v) is 11.4. The second-order valence-electron chi connectivity index (χ2n) is 13.1. The highest BCUT2D eigenvalue weighted by Gasteiger charge is 2.51. The van der Waals surface area contributed by atoms with Crippen molar-refractivity contribution in [2.45, 2.75) is 90.1 Å². The third-order valence-electron chi connectivity index (χ3n) is 8.32. The molecule has 0 N–H and O–H groups in total. The summed E-state index contributed by atoms with van der Waals surface area (Å²) in [6.07, 6.45) is 3.52. The van der Waals surface area contributed by atoms with Gasteiger partial charge in [-0.25, -0.2) is 4.79 Å². The molecule has 2 unspecified atom stereocenters. The van der Waals surface area contributed by atoms with E-state index in [9.17, 15) is 4.79 Å². The molecule has 1 fully saturated rings. The van der Waals surface area contributed by atoms with Gasteiger partial charge >= 0.3 is 5.97 Å². The monoisotopic (exact) mass is 726 g/mol. The summed E-state index contributed by atoms with van der Waals surface area (Å²) in [5, 5.41) is 2.36. The first kappa shape index (κ1) is 34.6. The van der Waals surface area contributed by atoms with Crippen molar-refractivity contribution in [3.8, 4) is 0 Å². The highest BCUT2D eigenvalue weighted by Crippen LogP contribution is 2.39. The Kier molecular flexibility index (Phi) is 11.7. The summed E-state index contributed by atoms with van der Waals surface area (Å²) in [4.78, 5) is 13.3. The average Bonchev–Trinajstić information content (AvgIpc) is 3.32. The molecule has 3 aromatic rings. The Morgan fingerprint density at radius 1 is 0.886 bits per heavy atom. The lowest BCUT2D eigenvalue weighted by molar-refractivity contribution is -0.153. The van der Waals surface area contributed by atoms with E-state index in [0.29, 0.717) is 5.56 Å². The van der Waals surface area contributed by atoms with Gasteiger partial charge in [-0.05, 0) is 66.7 Å². The van der Waals surface area contributed by atoms with Crippen LogP contribution in [0.1, 0.15) is 65.2 Å². The molecule has 0 aromatic heterocycles. The van der Waals surface area contributed by atoms with Crippen molar-refractivity contribution >= 4 is 47.3 Å². The number of rotatable bonds is 12. The molecule has 44 heavy (non-hydrogen) atoms. The highest BCUT2D eigenvalue weighted by molar-refractivity contribution is 14.1. The molecule has 1 aliphatic heterocycles. The Morgan fingerprint density at radius 2 is 1.41 bits per heavy atom. The lowest BCUT2D eigenvalue weighted by Crippen LogP contribution is -2.67. The van der Waals surface area contributed by atoms with Gasteiger partial charge in [0.1, 0.15) is 12.2 Å². The van der Waals surface area contributed by atoms with Gasteiger partial charge in [-0.15, -0.1) is 0 Å². The lowest BCUT2D eigenvalue weighted by Gasteiger charge is -2.45. The van der Waals surface area contributed by atoms with E-state index in [1.54, 1.807) is 12.1 Å². The number of halogens is 1. The molecule has 0 aliphatic carbocycles. The average molecular weight is 727 g/mol. The van der Waals surface area contributed by atoms with Crippen LogP contribution in [-0.2, 0) is 18.6 Å². The Bertz CT molecular complexity index is 1320. The van der Waals surface area contributed by atoms with Crippen molar-refractivity contribution < 1.29 is 23.4 Å². The molecule has 1 heterocycles. The number of alkyl halides is 1. The van der Waals surface area contributed by atoms with E-state index >= 15 is 0 Å². The minimum atomic E-state index is -2.73. The predicted octanol–water partition coefficient (Wildman–Crippen LogP) is 7.71. The standard InChI is InChI=1S/C37H47IO5Si/c1-27(28(2)43-44(36(3,4)5,30-19-13-9-14-20-30)31-21-15-10-16-22-31)23-24-32(40-35(39)29-17-11-8-12-18-29)34-33(25-26-38)41-37(6,7)42-34/h8-24,27-28,32-34H,25-26H2,1-7H3/b24-23-/t27-,28-,32?,33+,34?/m1/s1. The van der Waals surface area contributed by atoms with Crippen LogP contribution in [0.4, 0.5) is 0 Å². The zero-order chi connectivity index (χ0) is 32.0. The molecule has 5 nitrogen and oxygen atoms in total. The van der Waals surface area contributed by atoms with Gasteiger partial charge in [0.2, 0.25) is 0 Å². The van der Waals surface area contributed by atoms with Gasteiger partial charge in [-0.1, -0.05) is 135 Å². The van der Waals surface area contributed by atoms with Gasteiger partial charge in [0.15, 0.2) is 5.79 Å². The molecule has 5 atom stereocenters. The predicted molar refractivity (Wildman–Crippen MR) is 189 cm³/mol. The molecule has 7 heteroatoms. The lowest BCUT2D eigenvalue weighted by atomic mass is 10.0. The van der Waals surface area contributed by atoms with Crippen LogP contribution in [0.2, 0.25) is 5.04 Å². The normalized spacial score (nSPS) is 20.7. The summed E-state index contributed by atoms with van der Waals surface area (Å²) in [7, 11) is -2.73. The first-order chi connectivity index (χ1) is 20.9. The van der Waals surface area contributed by atoms with Crippen LogP contribution < -0.4 is 10.4 Å². The van der Waals surface area contributed by atoms with E-state index in [4.69, 9.17) is 18.6 Å². The van der Waals surface area contributed by atoms with Gasteiger partial charge in [0, 0.05) is 10.5 Å². The summed E-state index contributed by atoms with van der Waals surface area (Å²) in [5.41, 5.74) is 0.506. The first-order valence-corrected chi connectivity index (χ1v) is 19.0. The van der Waals surface area contributed by atoms with Crippen LogP contribution in [0.15, 0.2) is 103 Å². The molecule has 0 amide bonds. The number of hydrogen-bond acceptors (Lipinski definition) is 5. The van der Waals surface area contributed by atoms with E-state index in [1.807, 2.05) is 38.1 Å². The smallest absolute Gasteiger partial charge is 0.338 e. The molecule has 236 valence electrons. The summed E-state index contributed by atoms with van der Waals surface area (Å²) < 4.78 is 27.0. The van der Waals surface area contributed by atoms with E-state index in [0.717, 1.165) is 10.8 Å². The maximum atomic E-state index is 13.3. The van der Waals surface area contributed by atoms with E-state index in [-0.39, 0.29) is 29.1 Å². The second kappa shape index (κ2) is 14.9. The van der Waals surface area contributed by atoms with Gasteiger partial charge in [0.05, 0.1) is 11.7 Å². The highest BCUT2D eigenvalue weighted by atomic mass is 127. The summed E-state index contributed by atoms with van der Waals surface area (Å²) >= 11 is 2.35. The summed E-state index contributed by atoms with van der Waals surface area (Å²) in [5.74, 6) is -1.13. The Hall–Kier alpha value is -2.30. The van der Waals surface area contributed by atoms with Crippen molar-refractivity contribution in [2.75, 3.05) is 4.43 Å². The van der Waals surface area contributed by atoms with Gasteiger partial charge < -0.3 is 18.6 Å². The van der Waals surface area contributed by atoms with Gasteiger partial charge in [0.25, 0.3) is 8.32 Å². The van der Waals surface area contributed by atoms with Crippen molar-refractivity contribution in [3.05, 3.63) is 109 Å². The molecule has 1 aliphatic rings. The maximum Gasteiger partial charge on any atom is 0.338 e. The van der Waals surface area contributed by atoms with Crippen molar-refractivity contribution in [1.29, 1.82) is 0 Å². The van der Waals surface area contributed by atoms with Crippen LogP contribution in [0, 0.1) is 5.92 Å². The number of carbonyl (C=O) groups is 1. The molecular formula is C37H47IO5Si. The fraction of sp³-hybridized carbons (Fsp3) is 0.432. The van der Waals surface area contributed by atoms with Crippen LogP contribution >= 0.6 is 22.6 Å². The van der Waals surface area contributed by atoms with Crippen LogP contribution in [0.3, 0.4) is 0 Å². The number of esters is 1. The molecule has 4 rings (SSSR count). The third kappa shape index (κ3) is 8.09. The Labute approximate surface area is 278 Å². The molecule has 3 aromatic carbocycles. The third-order valence-corrected chi connectivity index (χ3v) is 14.1. The number of ether oxygens (including phenoxy) is 3. The fourth-order valence-electron chi connectivity index (χ4n) is 5.97. The van der Waals surface area contributed by atoms with E-state index in [1.165, 1.54) is 10.4 Å². The molecule has 0 saturated carbocycles. The largest absolute Gasteiger partial charge is 0.452 e. The molecule has 1 saturated heterocycles. The van der Waals surface area contributed by atoms with E-state index in [2.05, 4.69) is 124 Å². The van der Waals surface area contributed by atoms with Gasteiger partial charge in [-0.3, -0.25) is 0 Å². The minimum absolute atomic E-state index is 0.0212. The van der Waals surface area contributed by atoms with Crippen LogP contribution in [-0.4, -0.2) is 48.9 Å². The zero-order valence-electron chi connectivity index (χ0n) is 27.0. The molecule has 0 bridgehead atoms. The summed E-state index contributed by atoms with van der Waals surface area (Å²) in [6.45, 7) is 15.0. The Balaban J connectivity index is 1.65. The van der Waals surface area contributed by atoms with Gasteiger partial charge in [-0.2, -0.15) is 0 Å². The Morgan fingerprint density at radius 3 is 1.91 bits per heavy atom. The quantitative estimate of drug-likeness (QED) is 0.0630. The molecule has 0 spiro atoms. The second-order valence-corrected chi connectivity index (χ2v) is 18.4.